The number of rotatable bonds is 16. The van der Waals surface area contributed by atoms with Crippen molar-refractivity contribution in [2.24, 2.45) is 11.3 Å². The predicted molar refractivity (Wildman–Crippen MR) is 158 cm³/mol. The molecule has 1 aliphatic carbocycles. The summed E-state index contributed by atoms with van der Waals surface area (Å²) < 4.78 is 159. The summed E-state index contributed by atoms with van der Waals surface area (Å²) in [4.78, 5) is 0. The molecule has 0 radical (unpaired) electrons. The number of hydrogen-bond acceptors (Lipinski definition) is 0. The fourth-order valence-corrected chi connectivity index (χ4v) is 5.12. The molecule has 2 nitrogen and oxygen atoms in total. The van der Waals surface area contributed by atoms with Gasteiger partial charge in [-0.15, -0.1) is 0 Å². The molecule has 1 aliphatic rings. The van der Waals surface area contributed by atoms with E-state index >= 15 is 0 Å². The summed E-state index contributed by atoms with van der Waals surface area (Å²) in [5, 5.41) is 0. The van der Waals surface area contributed by atoms with Gasteiger partial charge in [0.05, 0.1) is 0 Å². The van der Waals surface area contributed by atoms with Crippen molar-refractivity contribution in [3.63, 3.8) is 0 Å². The molecule has 0 spiro atoms. The normalized spacial score (nSPS) is 14.2. The first-order valence-corrected chi connectivity index (χ1v) is 15.2. The van der Waals surface area contributed by atoms with Crippen LogP contribution in [0.25, 0.3) is 0 Å². The molecule has 0 bridgehead atoms. The molecular weight excluding hydrogens is 731 g/mol. The Kier molecular flexibility index (Phi) is 21.3. The van der Waals surface area contributed by atoms with E-state index in [1.165, 1.54) is 0 Å². The van der Waals surface area contributed by atoms with E-state index in [4.69, 9.17) is 0 Å². The third-order valence-corrected chi connectivity index (χ3v) is 8.30. The predicted octanol–water partition coefficient (Wildman–Crippen LogP) is 5.58. The van der Waals surface area contributed by atoms with E-state index in [0.29, 0.717) is 44.5 Å². The molecule has 0 aliphatic heterocycles. The molecule has 0 saturated heterocycles. The SMILES string of the molecule is C=C1C=CC(=[N+](CCCCCCC(C)(C(F)(F)F)C(F)(F)F)c2ccc([N+](=C)CCCCCCC(C(F)(F)F)C(F)(F)F)cc2)C=C1.[K+].[K+]. The summed E-state index contributed by atoms with van der Waals surface area (Å²) in [7, 11) is 0. The van der Waals surface area contributed by atoms with Crippen LogP contribution >= 0.6 is 0 Å². The van der Waals surface area contributed by atoms with Gasteiger partial charge in [0, 0.05) is 49.3 Å². The van der Waals surface area contributed by atoms with Gasteiger partial charge in [0.2, 0.25) is 17.1 Å². The number of halogens is 12. The van der Waals surface area contributed by atoms with Crippen LogP contribution in [0.15, 0.2) is 60.7 Å². The molecule has 0 atom stereocenters. The van der Waals surface area contributed by atoms with Crippen molar-refractivity contribution in [1.29, 1.82) is 0 Å². The van der Waals surface area contributed by atoms with E-state index < -0.39 is 48.9 Å². The zero-order valence-electron chi connectivity index (χ0n) is 28.0. The van der Waals surface area contributed by atoms with Gasteiger partial charge in [-0.05, 0) is 50.3 Å². The van der Waals surface area contributed by atoms with E-state index in [1.807, 2.05) is 28.9 Å². The second-order valence-corrected chi connectivity index (χ2v) is 11.9. The van der Waals surface area contributed by atoms with Gasteiger partial charge in [-0.25, -0.2) is 4.58 Å². The number of allylic oxidation sites excluding steroid dienone is 5. The zero-order valence-corrected chi connectivity index (χ0v) is 34.3. The molecule has 0 unspecified atom stereocenters. The molecule has 264 valence electrons. The van der Waals surface area contributed by atoms with Crippen LogP contribution in [0.4, 0.5) is 64.1 Å². The summed E-state index contributed by atoms with van der Waals surface area (Å²) >= 11 is 0. The Morgan fingerprint density at radius 2 is 1.02 bits per heavy atom. The van der Waals surface area contributed by atoms with Gasteiger partial charge >= 0.3 is 127 Å². The Balaban J connectivity index is 0.0000115. The monoisotopic (exact) mass is 770 g/mol. The molecule has 49 heavy (non-hydrogen) atoms. The molecule has 0 heterocycles. The van der Waals surface area contributed by atoms with E-state index in [-0.39, 0.29) is 135 Å². The summed E-state index contributed by atoms with van der Waals surface area (Å²) in [5.41, 5.74) is -0.702. The maximum absolute atomic E-state index is 13.2. The number of hydrogen-bond donors (Lipinski definition) is 0. The first kappa shape index (κ1) is 49.2. The first-order valence-electron chi connectivity index (χ1n) is 15.2. The smallest absolute Gasteiger partial charge is 0.205 e. The first-order chi connectivity index (χ1) is 21.6. The van der Waals surface area contributed by atoms with Gasteiger partial charge in [0.25, 0.3) is 0 Å². The van der Waals surface area contributed by atoms with Gasteiger partial charge in [-0.3, -0.25) is 0 Å². The van der Waals surface area contributed by atoms with Crippen molar-refractivity contribution in [1.82, 2.24) is 0 Å². The number of alkyl halides is 12. The summed E-state index contributed by atoms with van der Waals surface area (Å²) in [6, 6.07) is 7.21. The average molecular weight is 771 g/mol. The van der Waals surface area contributed by atoms with Crippen molar-refractivity contribution >= 4 is 23.8 Å². The zero-order chi connectivity index (χ0) is 35.7. The Morgan fingerprint density at radius 1 is 0.592 bits per heavy atom. The maximum atomic E-state index is 13.2. The van der Waals surface area contributed by atoms with Crippen molar-refractivity contribution in [2.45, 2.75) is 95.8 Å². The quantitative estimate of drug-likeness (QED) is 0.0682. The molecule has 1 aromatic rings. The van der Waals surface area contributed by atoms with Crippen LogP contribution in [0.2, 0.25) is 0 Å². The molecule has 0 amide bonds. The van der Waals surface area contributed by atoms with Crippen LogP contribution in [0.3, 0.4) is 0 Å². The van der Waals surface area contributed by atoms with E-state index in [0.717, 1.165) is 17.0 Å². The largest absolute Gasteiger partial charge is 1.00 e. The molecular formula is C33H40F12K2N2+4. The molecule has 0 aromatic heterocycles. The maximum Gasteiger partial charge on any atom is 1.00 e. The molecule has 16 heteroatoms. The van der Waals surface area contributed by atoms with Crippen LogP contribution in [-0.4, -0.2) is 59.4 Å². The molecule has 0 saturated carbocycles. The standard InChI is InChI=1S/C33H40F12N2.2K/c1-24-13-15-26(16-14-24)47(23-11-7-5-9-21-29(2,32(40,41)42)33(43,44)45)27-19-17-25(18-20-27)46(3)22-10-6-4-8-12-28(30(34,35)36)31(37,38)39;;/h13-20,28H,1,3-12,21-23H2,2H3;;/q+2;2*+1. The Hall–Kier alpha value is 0.213. The van der Waals surface area contributed by atoms with Gasteiger partial charge in [-0.2, -0.15) is 57.3 Å². The van der Waals surface area contributed by atoms with Crippen LogP contribution in [0.5, 0.6) is 0 Å². The minimum atomic E-state index is -5.40. The Morgan fingerprint density at radius 3 is 1.49 bits per heavy atom. The minimum Gasteiger partial charge on any atom is -0.205 e. The fourth-order valence-electron chi connectivity index (χ4n) is 5.12. The van der Waals surface area contributed by atoms with Gasteiger partial charge < -0.3 is 0 Å². The Bertz CT molecular complexity index is 1240. The van der Waals surface area contributed by atoms with Crippen molar-refractivity contribution in [3.8, 4) is 0 Å². The van der Waals surface area contributed by atoms with Crippen LogP contribution in [0, 0.1) is 11.3 Å². The topological polar surface area (TPSA) is 6.02 Å². The van der Waals surface area contributed by atoms with Crippen LogP contribution < -0.4 is 103 Å². The van der Waals surface area contributed by atoms with E-state index in [2.05, 4.69) is 13.3 Å². The van der Waals surface area contributed by atoms with Crippen LogP contribution in [0.1, 0.15) is 71.1 Å². The van der Waals surface area contributed by atoms with Crippen molar-refractivity contribution in [3.05, 3.63) is 60.7 Å². The second kappa shape index (κ2) is 21.2. The minimum absolute atomic E-state index is 0. The number of benzene rings is 1. The molecule has 2 rings (SSSR count). The Labute approximate surface area is 364 Å². The summed E-state index contributed by atoms with van der Waals surface area (Å²) in [6.07, 6.45) is -14.4. The molecule has 0 N–H and O–H groups in total. The second-order valence-electron chi connectivity index (χ2n) is 11.9. The van der Waals surface area contributed by atoms with Crippen molar-refractivity contribution < 1.29 is 165 Å². The van der Waals surface area contributed by atoms with E-state index in [1.54, 1.807) is 28.9 Å². The van der Waals surface area contributed by atoms with E-state index in [9.17, 15) is 52.7 Å². The fraction of sp³-hybridized carbons (Fsp3) is 0.576. The third kappa shape index (κ3) is 15.6. The number of nitrogens with zero attached hydrogens (tertiary/aromatic N) is 2. The van der Waals surface area contributed by atoms with Gasteiger partial charge in [0.1, 0.15) is 19.8 Å². The molecule has 0 fully saturated rings. The van der Waals surface area contributed by atoms with Crippen LogP contribution in [-0.2, 0) is 0 Å². The third-order valence-electron chi connectivity index (χ3n) is 8.30. The molecule has 1 aromatic carbocycles. The summed E-state index contributed by atoms with van der Waals surface area (Å²) in [5.74, 6) is -3.33. The van der Waals surface area contributed by atoms with Gasteiger partial charge in [0.15, 0.2) is 11.3 Å². The van der Waals surface area contributed by atoms with Crippen molar-refractivity contribution in [2.75, 3.05) is 13.1 Å². The average Bonchev–Trinajstić information content (AvgIpc) is 2.94. The summed E-state index contributed by atoms with van der Waals surface area (Å²) in [6.45, 7) is 8.86. The number of unbranched alkanes of at least 4 members (excludes halogenated alkanes) is 6. The van der Waals surface area contributed by atoms with Gasteiger partial charge in [-0.1, -0.05) is 32.3 Å².